The maximum absolute atomic E-state index is 11.4. The number of carbonyl (C=O) groups is 2. The summed E-state index contributed by atoms with van der Waals surface area (Å²) >= 11 is 4.14. The molecule has 1 saturated heterocycles. The molecule has 7 heteroatoms. The van der Waals surface area contributed by atoms with E-state index in [1.165, 1.54) is 30.1 Å². The van der Waals surface area contributed by atoms with Gasteiger partial charge in [0, 0.05) is 5.56 Å². The fraction of sp³-hybridized carbons (Fsp3) is 0.474. The van der Waals surface area contributed by atoms with Crippen LogP contribution in [0.1, 0.15) is 58.4 Å². The van der Waals surface area contributed by atoms with E-state index >= 15 is 0 Å². The predicted octanol–water partition coefficient (Wildman–Crippen LogP) is 4.37. The van der Waals surface area contributed by atoms with Gasteiger partial charge in [0.1, 0.15) is 11.4 Å². The molecule has 1 aromatic carbocycles. The summed E-state index contributed by atoms with van der Waals surface area (Å²) in [7, 11) is 0. The van der Waals surface area contributed by atoms with Gasteiger partial charge in [0.25, 0.3) is 0 Å². The molecule has 2 N–H and O–H groups in total. The molecular weight excluding hydrogens is 372 g/mol. The Balaban J connectivity index is 1.60. The van der Waals surface area contributed by atoms with Gasteiger partial charge in [0.2, 0.25) is 0 Å². The minimum absolute atomic E-state index is 0.210. The second-order valence-corrected chi connectivity index (χ2v) is 10.2. The number of carboxylic acid groups (broad SMARTS) is 2. The number of thioether (sulfide) groups is 2. The monoisotopic (exact) mass is 392 g/mol. The molecule has 4 rings (SSSR count). The van der Waals surface area contributed by atoms with Crippen LogP contribution in [0.5, 0.6) is 5.75 Å². The SMILES string of the molecule is O=C(O)c1cc2c(cc1C(=O)O)OC1(C=C2)CCC2(CC1)SCCCS2. The van der Waals surface area contributed by atoms with E-state index < -0.39 is 17.5 Å². The average Bonchev–Trinajstić information content (AvgIpc) is 2.64. The number of fused-ring (bicyclic) bond motifs is 1. The Morgan fingerprint density at radius 1 is 0.962 bits per heavy atom. The van der Waals surface area contributed by atoms with E-state index in [-0.39, 0.29) is 11.1 Å². The molecule has 2 fully saturated rings. The zero-order valence-corrected chi connectivity index (χ0v) is 15.8. The Labute approximate surface area is 160 Å². The topological polar surface area (TPSA) is 83.8 Å². The first-order valence-electron chi connectivity index (χ1n) is 8.73. The van der Waals surface area contributed by atoms with Crippen LogP contribution in [0.4, 0.5) is 0 Å². The molecule has 0 bridgehead atoms. The molecule has 3 aliphatic rings. The van der Waals surface area contributed by atoms with Crippen molar-refractivity contribution in [2.75, 3.05) is 11.5 Å². The number of aromatic carboxylic acids is 2. The Kier molecular flexibility index (Phi) is 4.47. The molecule has 0 amide bonds. The molecule has 2 heterocycles. The molecule has 0 aromatic heterocycles. The van der Waals surface area contributed by atoms with Crippen molar-refractivity contribution in [1.82, 2.24) is 0 Å². The van der Waals surface area contributed by atoms with E-state index in [1.807, 2.05) is 12.2 Å². The van der Waals surface area contributed by atoms with Crippen LogP contribution in [0.2, 0.25) is 0 Å². The van der Waals surface area contributed by atoms with Crippen LogP contribution in [-0.4, -0.2) is 43.3 Å². The molecule has 2 aliphatic heterocycles. The number of benzene rings is 1. The standard InChI is InChI=1S/C19H20O5S2/c20-16(21)13-10-12-2-3-18(24-15(12)11-14(13)17(22)23)4-6-19(7-5-18)25-8-1-9-26-19/h2-3,10-11H,1,4-9H2,(H,20,21)(H,22,23). The van der Waals surface area contributed by atoms with Gasteiger partial charge in [-0.25, -0.2) is 9.59 Å². The quantitative estimate of drug-likeness (QED) is 0.773. The van der Waals surface area contributed by atoms with Crippen molar-refractivity contribution in [1.29, 1.82) is 0 Å². The van der Waals surface area contributed by atoms with Crippen LogP contribution in [0.25, 0.3) is 6.08 Å². The van der Waals surface area contributed by atoms with E-state index in [1.54, 1.807) is 0 Å². The summed E-state index contributed by atoms with van der Waals surface area (Å²) in [5, 5.41) is 18.6. The zero-order chi connectivity index (χ0) is 18.4. The highest BCUT2D eigenvalue weighted by atomic mass is 32.2. The van der Waals surface area contributed by atoms with Gasteiger partial charge in [-0.15, -0.1) is 23.5 Å². The van der Waals surface area contributed by atoms with Crippen molar-refractivity contribution in [2.24, 2.45) is 0 Å². The minimum Gasteiger partial charge on any atom is -0.483 e. The normalized spacial score (nSPS) is 22.6. The lowest BCUT2D eigenvalue weighted by Gasteiger charge is -2.47. The lowest BCUT2D eigenvalue weighted by Crippen LogP contribution is -2.44. The Morgan fingerprint density at radius 3 is 2.19 bits per heavy atom. The van der Waals surface area contributed by atoms with Gasteiger partial charge in [-0.1, -0.05) is 6.08 Å². The summed E-state index contributed by atoms with van der Waals surface area (Å²) in [4.78, 5) is 22.8. The van der Waals surface area contributed by atoms with Crippen molar-refractivity contribution < 1.29 is 24.5 Å². The largest absolute Gasteiger partial charge is 0.483 e. The van der Waals surface area contributed by atoms with Crippen molar-refractivity contribution in [3.05, 3.63) is 34.9 Å². The molecule has 138 valence electrons. The number of carboxylic acids is 2. The third-order valence-electron chi connectivity index (χ3n) is 5.37. The molecule has 26 heavy (non-hydrogen) atoms. The highest BCUT2D eigenvalue weighted by Gasteiger charge is 2.45. The van der Waals surface area contributed by atoms with Crippen LogP contribution in [0.15, 0.2) is 18.2 Å². The number of hydrogen-bond donors (Lipinski definition) is 2. The highest BCUT2D eigenvalue weighted by Crippen LogP contribution is 2.55. The molecule has 0 atom stereocenters. The fourth-order valence-electron chi connectivity index (χ4n) is 3.89. The van der Waals surface area contributed by atoms with Crippen LogP contribution in [0, 0.1) is 0 Å². The van der Waals surface area contributed by atoms with Gasteiger partial charge < -0.3 is 14.9 Å². The first-order valence-corrected chi connectivity index (χ1v) is 10.7. The van der Waals surface area contributed by atoms with Gasteiger partial charge in [0.15, 0.2) is 0 Å². The minimum atomic E-state index is -1.25. The molecule has 0 unspecified atom stereocenters. The zero-order valence-electron chi connectivity index (χ0n) is 14.2. The van der Waals surface area contributed by atoms with E-state index in [9.17, 15) is 19.8 Å². The lowest BCUT2D eigenvalue weighted by molar-refractivity contribution is 0.0641. The van der Waals surface area contributed by atoms with Gasteiger partial charge in [-0.2, -0.15) is 0 Å². The molecule has 1 aliphatic carbocycles. The van der Waals surface area contributed by atoms with Crippen LogP contribution in [0.3, 0.4) is 0 Å². The maximum atomic E-state index is 11.4. The Bertz CT molecular complexity index is 785. The molecule has 5 nitrogen and oxygen atoms in total. The van der Waals surface area contributed by atoms with Gasteiger partial charge in [-0.3, -0.25) is 0 Å². The summed E-state index contributed by atoms with van der Waals surface area (Å²) in [5.41, 5.74) is -0.220. The van der Waals surface area contributed by atoms with Crippen molar-refractivity contribution in [3.8, 4) is 5.75 Å². The smallest absolute Gasteiger partial charge is 0.336 e. The van der Waals surface area contributed by atoms with Gasteiger partial charge in [-0.05, 0) is 61.8 Å². The summed E-state index contributed by atoms with van der Waals surface area (Å²) < 4.78 is 6.56. The maximum Gasteiger partial charge on any atom is 0.336 e. The molecule has 0 radical (unpaired) electrons. The predicted molar refractivity (Wildman–Crippen MR) is 103 cm³/mol. The summed E-state index contributed by atoms with van der Waals surface area (Å²) in [5.74, 6) is 0.411. The van der Waals surface area contributed by atoms with Gasteiger partial charge in [0.05, 0.1) is 15.2 Å². The number of rotatable bonds is 2. The van der Waals surface area contributed by atoms with Crippen molar-refractivity contribution >= 4 is 41.5 Å². The third kappa shape index (κ3) is 3.11. The first kappa shape index (κ1) is 17.8. The number of hydrogen-bond acceptors (Lipinski definition) is 5. The van der Waals surface area contributed by atoms with Crippen LogP contribution in [-0.2, 0) is 0 Å². The van der Waals surface area contributed by atoms with E-state index in [0.29, 0.717) is 15.4 Å². The van der Waals surface area contributed by atoms with E-state index in [4.69, 9.17) is 4.74 Å². The first-order chi connectivity index (χ1) is 12.4. The number of ether oxygens (including phenoxy) is 1. The molecule has 1 saturated carbocycles. The summed E-state index contributed by atoms with van der Waals surface area (Å²) in [6, 6.07) is 2.75. The van der Waals surface area contributed by atoms with Crippen molar-refractivity contribution in [3.63, 3.8) is 0 Å². The molecule has 1 aromatic rings. The summed E-state index contributed by atoms with van der Waals surface area (Å²) in [6.07, 6.45) is 9.12. The lowest BCUT2D eigenvalue weighted by atomic mass is 9.82. The molecular formula is C19H20O5S2. The Morgan fingerprint density at radius 2 is 1.58 bits per heavy atom. The second kappa shape index (κ2) is 6.53. The Hall–Kier alpha value is -1.60. The summed E-state index contributed by atoms with van der Waals surface area (Å²) in [6.45, 7) is 0. The molecule has 2 spiro atoms. The van der Waals surface area contributed by atoms with E-state index in [0.717, 1.165) is 25.7 Å². The fourth-order valence-corrected chi connectivity index (χ4v) is 7.22. The highest BCUT2D eigenvalue weighted by molar-refractivity contribution is 8.18. The third-order valence-corrected chi connectivity index (χ3v) is 8.93. The van der Waals surface area contributed by atoms with E-state index in [2.05, 4.69) is 23.5 Å². The van der Waals surface area contributed by atoms with Crippen LogP contribution < -0.4 is 4.74 Å². The van der Waals surface area contributed by atoms with Gasteiger partial charge >= 0.3 is 11.9 Å². The van der Waals surface area contributed by atoms with Crippen molar-refractivity contribution in [2.45, 2.75) is 41.8 Å². The second-order valence-electron chi connectivity index (χ2n) is 7.01. The van der Waals surface area contributed by atoms with Crippen LogP contribution >= 0.6 is 23.5 Å². The average molecular weight is 392 g/mol.